The lowest BCUT2D eigenvalue weighted by Crippen LogP contribution is -2.59. The average molecular weight is 612 g/mol. The number of nitrogens with zero attached hydrogens (tertiary/aromatic N) is 1. The van der Waals surface area contributed by atoms with Gasteiger partial charge in [0, 0.05) is 29.9 Å². The number of aromatic nitrogens is 1. The fourth-order valence-corrected chi connectivity index (χ4v) is 6.79. The number of halogens is 1. The Bertz CT molecular complexity index is 1430. The molecule has 11 heteroatoms. The summed E-state index contributed by atoms with van der Waals surface area (Å²) < 4.78 is 0. The van der Waals surface area contributed by atoms with Gasteiger partial charge in [-0.25, -0.2) is 0 Å². The molecule has 2 aromatic rings. The maximum Gasteiger partial charge on any atom is 0.268 e. The number of rotatable bonds is 10. The number of carbonyl (C=O) groups excluding carboxylic acids is 5. The van der Waals surface area contributed by atoms with Crippen LogP contribution in [0.1, 0.15) is 68.9 Å². The number of hydrogen-bond donors (Lipinski definition) is 4. The van der Waals surface area contributed by atoms with Crippen molar-refractivity contribution in [3.05, 3.63) is 35.5 Å². The quantitative estimate of drug-likeness (QED) is 0.306. The van der Waals surface area contributed by atoms with Crippen molar-refractivity contribution >= 4 is 51.9 Å². The van der Waals surface area contributed by atoms with E-state index in [2.05, 4.69) is 20.9 Å². The van der Waals surface area contributed by atoms with Gasteiger partial charge in [0.05, 0.1) is 11.9 Å². The lowest BCUT2D eigenvalue weighted by Gasteiger charge is -2.35. The van der Waals surface area contributed by atoms with Crippen molar-refractivity contribution in [1.29, 1.82) is 0 Å². The van der Waals surface area contributed by atoms with Crippen molar-refractivity contribution in [1.82, 2.24) is 25.8 Å². The van der Waals surface area contributed by atoms with Crippen LogP contribution in [0, 0.1) is 30.1 Å². The lowest BCUT2D eigenvalue weighted by molar-refractivity contribution is -0.143. The molecule has 5 atom stereocenters. The van der Waals surface area contributed by atoms with Crippen LogP contribution < -0.4 is 16.0 Å². The van der Waals surface area contributed by atoms with E-state index in [4.69, 9.17) is 11.6 Å². The van der Waals surface area contributed by atoms with E-state index >= 15 is 0 Å². The number of Topliss-reactive ketones (excluding diaryl/α,β-unsaturated/α-hetero) is 1. The van der Waals surface area contributed by atoms with E-state index in [-0.39, 0.29) is 47.6 Å². The topological polar surface area (TPSA) is 140 Å². The van der Waals surface area contributed by atoms with Crippen molar-refractivity contribution in [2.45, 2.75) is 77.9 Å². The smallest absolute Gasteiger partial charge is 0.268 e. The standard InChI is InChI=1S/C32H42ClN5O5/c1-17-7-5-9-22-21(17)14-24(35-22)29(41)37-26(19-10-11-19)31(43)38-16-18(2)32(3,4)27(38)30(42)36-23(25(39)15-33)13-20-8-6-12-34-28(20)40/h5,7,9,14,18-20,23,26-27,35H,6,8,10-13,15-16H2,1-4H3,(H,34,40)(H,36,42)(H,37,41)/t18-,20+,23+,26?,27-/m1/s1. The van der Waals surface area contributed by atoms with Crippen LogP contribution in [0.3, 0.4) is 0 Å². The molecule has 3 heterocycles. The van der Waals surface area contributed by atoms with Crippen LogP contribution in [0.2, 0.25) is 0 Å². The Morgan fingerprint density at radius 1 is 1.14 bits per heavy atom. The first-order valence-corrected chi connectivity index (χ1v) is 15.8. The minimum Gasteiger partial charge on any atom is -0.356 e. The van der Waals surface area contributed by atoms with Crippen LogP contribution >= 0.6 is 11.6 Å². The molecule has 2 saturated heterocycles. The predicted octanol–water partition coefficient (Wildman–Crippen LogP) is 3.07. The van der Waals surface area contributed by atoms with Gasteiger partial charge in [0.15, 0.2) is 5.78 Å². The van der Waals surface area contributed by atoms with Crippen molar-refractivity contribution < 1.29 is 24.0 Å². The van der Waals surface area contributed by atoms with Crippen LogP contribution in [-0.2, 0) is 19.2 Å². The summed E-state index contributed by atoms with van der Waals surface area (Å²) in [5.74, 6) is -2.35. The summed E-state index contributed by atoms with van der Waals surface area (Å²) in [5.41, 5.74) is 1.66. The highest BCUT2D eigenvalue weighted by molar-refractivity contribution is 6.28. The maximum absolute atomic E-state index is 14.2. The third-order valence-electron chi connectivity index (χ3n) is 9.82. The van der Waals surface area contributed by atoms with Gasteiger partial charge >= 0.3 is 0 Å². The van der Waals surface area contributed by atoms with Gasteiger partial charge in [-0.3, -0.25) is 24.0 Å². The molecular weight excluding hydrogens is 570 g/mol. The highest BCUT2D eigenvalue weighted by atomic mass is 35.5. The van der Waals surface area contributed by atoms with Gasteiger partial charge < -0.3 is 25.8 Å². The van der Waals surface area contributed by atoms with E-state index in [9.17, 15) is 24.0 Å². The largest absolute Gasteiger partial charge is 0.356 e. The summed E-state index contributed by atoms with van der Waals surface area (Å²) in [4.78, 5) is 71.5. The molecule has 0 spiro atoms. The van der Waals surface area contributed by atoms with E-state index in [1.54, 1.807) is 11.0 Å². The number of likely N-dealkylation sites (tertiary alicyclic amines) is 1. The number of H-pyrrole nitrogens is 1. The molecule has 1 unspecified atom stereocenters. The van der Waals surface area contributed by atoms with Crippen LogP contribution in [0.15, 0.2) is 24.3 Å². The minimum absolute atomic E-state index is 0.0133. The number of benzene rings is 1. The number of hydrogen-bond acceptors (Lipinski definition) is 5. The van der Waals surface area contributed by atoms with E-state index in [0.717, 1.165) is 35.7 Å². The second-order valence-electron chi connectivity index (χ2n) is 13.2. The monoisotopic (exact) mass is 611 g/mol. The Hall–Kier alpha value is -3.40. The number of aryl methyl sites for hydroxylation is 1. The fourth-order valence-electron chi connectivity index (χ4n) is 6.60. The van der Waals surface area contributed by atoms with E-state index in [1.807, 2.05) is 45.9 Å². The predicted molar refractivity (Wildman–Crippen MR) is 163 cm³/mol. The molecule has 1 saturated carbocycles. The zero-order valence-corrected chi connectivity index (χ0v) is 26.1. The van der Waals surface area contributed by atoms with E-state index in [0.29, 0.717) is 25.2 Å². The number of nitrogens with one attached hydrogen (secondary N) is 4. The summed E-state index contributed by atoms with van der Waals surface area (Å²) in [6, 6.07) is 5.02. The third-order valence-corrected chi connectivity index (χ3v) is 10.1. The summed E-state index contributed by atoms with van der Waals surface area (Å²) in [5, 5.41) is 9.61. The Morgan fingerprint density at radius 3 is 2.53 bits per heavy atom. The molecule has 5 rings (SSSR count). The summed E-state index contributed by atoms with van der Waals surface area (Å²) in [6.45, 7) is 8.80. The molecule has 0 bridgehead atoms. The number of alkyl halides is 1. The molecule has 43 heavy (non-hydrogen) atoms. The van der Waals surface area contributed by atoms with Crippen molar-refractivity contribution in [3.63, 3.8) is 0 Å². The number of carbonyl (C=O) groups is 5. The molecule has 1 aromatic heterocycles. The van der Waals surface area contributed by atoms with Crippen LogP contribution in [0.25, 0.3) is 10.9 Å². The van der Waals surface area contributed by atoms with Gasteiger partial charge in [-0.05, 0) is 74.0 Å². The Balaban J connectivity index is 1.35. The van der Waals surface area contributed by atoms with Gasteiger partial charge in [0.1, 0.15) is 17.8 Å². The first-order chi connectivity index (χ1) is 20.4. The number of ketones is 1. The molecule has 2 aliphatic heterocycles. The number of piperidine rings is 1. The Morgan fingerprint density at radius 2 is 1.88 bits per heavy atom. The van der Waals surface area contributed by atoms with E-state index in [1.165, 1.54) is 0 Å². The van der Waals surface area contributed by atoms with Crippen molar-refractivity contribution in [2.24, 2.45) is 23.2 Å². The number of fused-ring (bicyclic) bond motifs is 1. The second kappa shape index (κ2) is 12.3. The molecule has 3 aliphatic rings. The molecule has 4 N–H and O–H groups in total. The molecule has 10 nitrogen and oxygen atoms in total. The van der Waals surface area contributed by atoms with Gasteiger partial charge in [-0.15, -0.1) is 11.6 Å². The van der Waals surface area contributed by atoms with Crippen molar-refractivity contribution in [2.75, 3.05) is 19.0 Å². The molecular formula is C32H42ClN5O5. The molecule has 0 radical (unpaired) electrons. The maximum atomic E-state index is 14.2. The zero-order chi connectivity index (χ0) is 31.1. The Kier molecular flexibility index (Phi) is 8.88. The number of amides is 4. The third kappa shape index (κ3) is 6.30. The van der Waals surface area contributed by atoms with Crippen LogP contribution in [-0.4, -0.2) is 76.4 Å². The molecule has 3 fully saturated rings. The fraction of sp³-hybridized carbons (Fsp3) is 0.594. The summed E-state index contributed by atoms with van der Waals surface area (Å²) in [7, 11) is 0. The number of aromatic amines is 1. The first-order valence-electron chi connectivity index (χ1n) is 15.3. The highest BCUT2D eigenvalue weighted by Gasteiger charge is 2.54. The second-order valence-corrected chi connectivity index (χ2v) is 13.4. The molecule has 232 valence electrons. The van der Waals surface area contributed by atoms with Gasteiger partial charge in [-0.1, -0.05) is 32.9 Å². The molecule has 1 aliphatic carbocycles. The average Bonchev–Trinajstić information content (AvgIpc) is 3.66. The molecule has 1 aromatic carbocycles. The summed E-state index contributed by atoms with van der Waals surface area (Å²) >= 11 is 5.91. The molecule has 4 amide bonds. The minimum atomic E-state index is -0.938. The SMILES string of the molecule is Cc1cccc2[nH]c(C(=O)NC(C(=O)N3C[C@@H](C)C(C)(C)[C@H]3C(=O)N[C@@H](C[C@@H]3CCCNC3=O)C(=O)CCl)C3CC3)cc12. The zero-order valence-electron chi connectivity index (χ0n) is 25.3. The van der Waals surface area contributed by atoms with Gasteiger partial charge in [-0.2, -0.15) is 0 Å². The van der Waals surface area contributed by atoms with Crippen LogP contribution in [0.4, 0.5) is 0 Å². The summed E-state index contributed by atoms with van der Waals surface area (Å²) in [6.07, 6.45) is 3.20. The van der Waals surface area contributed by atoms with Crippen LogP contribution in [0.5, 0.6) is 0 Å². The Labute approximate surface area is 257 Å². The van der Waals surface area contributed by atoms with Gasteiger partial charge in [0.2, 0.25) is 17.7 Å². The van der Waals surface area contributed by atoms with Gasteiger partial charge in [0.25, 0.3) is 5.91 Å². The van der Waals surface area contributed by atoms with Crippen molar-refractivity contribution in [3.8, 4) is 0 Å². The highest BCUT2D eigenvalue weighted by Crippen LogP contribution is 2.43. The normalized spacial score (nSPS) is 24.7. The van der Waals surface area contributed by atoms with E-state index < -0.39 is 35.4 Å². The first kappa shape index (κ1) is 31.0. The lowest BCUT2D eigenvalue weighted by atomic mass is 9.77.